The minimum atomic E-state index is -3.68. The summed E-state index contributed by atoms with van der Waals surface area (Å²) in [6.07, 6.45) is 2.66. The predicted molar refractivity (Wildman–Crippen MR) is 106 cm³/mol. The third kappa shape index (κ3) is 6.94. The molecule has 0 aliphatic heterocycles. The molecular formula is C20H26N2O5S. The van der Waals surface area contributed by atoms with Crippen LogP contribution in [0.25, 0.3) is 0 Å². The Labute approximate surface area is 166 Å². The second kappa shape index (κ2) is 9.66. The largest absolute Gasteiger partial charge is 0.490 e. The number of sulfonamides is 1. The number of nitrogens with zero attached hydrogens (tertiary/aromatic N) is 1. The van der Waals surface area contributed by atoms with Crippen LogP contribution in [0.15, 0.2) is 53.7 Å². The van der Waals surface area contributed by atoms with Crippen LogP contribution in [0.3, 0.4) is 0 Å². The number of ether oxygens (including phenoxy) is 2. The quantitative estimate of drug-likeness (QED) is 0.508. The van der Waals surface area contributed by atoms with Crippen molar-refractivity contribution in [2.75, 3.05) is 19.8 Å². The highest BCUT2D eigenvalue weighted by atomic mass is 32.2. The molecule has 0 spiro atoms. The van der Waals surface area contributed by atoms with Gasteiger partial charge in [-0.25, -0.2) is 13.1 Å². The van der Waals surface area contributed by atoms with Gasteiger partial charge in [-0.3, -0.25) is 9.78 Å². The lowest BCUT2D eigenvalue weighted by Crippen LogP contribution is -2.27. The first-order chi connectivity index (χ1) is 13.2. The number of esters is 1. The van der Waals surface area contributed by atoms with E-state index in [1.807, 2.05) is 24.3 Å². The number of pyridine rings is 1. The Morgan fingerprint density at radius 2 is 1.93 bits per heavy atom. The Morgan fingerprint density at radius 1 is 1.14 bits per heavy atom. The van der Waals surface area contributed by atoms with Gasteiger partial charge >= 0.3 is 5.97 Å². The lowest BCUT2D eigenvalue weighted by atomic mass is 9.87. The maximum absolute atomic E-state index is 12.0. The van der Waals surface area contributed by atoms with Gasteiger partial charge in [-0.15, -0.1) is 0 Å². The summed E-state index contributed by atoms with van der Waals surface area (Å²) < 4.78 is 37.0. The number of hydrogen-bond acceptors (Lipinski definition) is 6. The van der Waals surface area contributed by atoms with Crippen molar-refractivity contribution in [1.29, 1.82) is 0 Å². The third-order valence-corrected chi connectivity index (χ3v) is 5.33. The van der Waals surface area contributed by atoms with E-state index in [0.29, 0.717) is 5.75 Å². The molecule has 152 valence electrons. The summed E-state index contributed by atoms with van der Waals surface area (Å²) in [5.74, 6) is 0.216. The average Bonchev–Trinajstić information content (AvgIpc) is 2.65. The number of carbonyl (C=O) groups excluding carboxylic acids is 1. The molecular weight excluding hydrogens is 380 g/mol. The van der Waals surface area contributed by atoms with E-state index in [2.05, 4.69) is 30.5 Å². The molecule has 1 aromatic carbocycles. The molecule has 0 saturated heterocycles. The Kier molecular flexibility index (Phi) is 7.53. The number of rotatable bonds is 9. The molecule has 1 N–H and O–H groups in total. The van der Waals surface area contributed by atoms with Gasteiger partial charge in [0.1, 0.15) is 23.9 Å². The second-order valence-corrected chi connectivity index (χ2v) is 8.95. The van der Waals surface area contributed by atoms with Gasteiger partial charge in [0, 0.05) is 18.9 Å². The molecule has 0 amide bonds. The van der Waals surface area contributed by atoms with E-state index in [9.17, 15) is 13.2 Å². The zero-order valence-electron chi connectivity index (χ0n) is 16.3. The number of nitrogens with one attached hydrogen (secondary N) is 1. The van der Waals surface area contributed by atoms with Crippen LogP contribution in [0, 0.1) is 0 Å². The molecule has 0 saturated carbocycles. The Morgan fingerprint density at radius 3 is 2.61 bits per heavy atom. The molecule has 0 unspecified atom stereocenters. The first kappa shape index (κ1) is 21.8. The van der Waals surface area contributed by atoms with E-state index < -0.39 is 16.0 Å². The van der Waals surface area contributed by atoms with Gasteiger partial charge < -0.3 is 9.47 Å². The van der Waals surface area contributed by atoms with E-state index in [1.165, 1.54) is 24.5 Å². The van der Waals surface area contributed by atoms with Crippen LogP contribution in [-0.2, 0) is 25.0 Å². The average molecular weight is 407 g/mol. The van der Waals surface area contributed by atoms with Crippen molar-refractivity contribution in [2.24, 2.45) is 0 Å². The molecule has 0 radical (unpaired) electrons. The second-order valence-electron chi connectivity index (χ2n) is 7.18. The van der Waals surface area contributed by atoms with Gasteiger partial charge in [-0.05, 0) is 35.2 Å². The summed E-state index contributed by atoms with van der Waals surface area (Å²) in [5, 5.41) is 0. The fourth-order valence-electron chi connectivity index (χ4n) is 2.32. The summed E-state index contributed by atoms with van der Waals surface area (Å²) in [5.41, 5.74) is 1.18. The Bertz CT molecular complexity index is 877. The Hall–Kier alpha value is -2.45. The molecule has 1 aromatic heterocycles. The van der Waals surface area contributed by atoms with Crippen LogP contribution in [0.1, 0.15) is 32.8 Å². The van der Waals surface area contributed by atoms with Crippen molar-refractivity contribution in [3.8, 4) is 5.75 Å². The number of aromatic nitrogens is 1. The zero-order chi connectivity index (χ0) is 20.6. The molecule has 28 heavy (non-hydrogen) atoms. The van der Waals surface area contributed by atoms with E-state index in [1.54, 1.807) is 0 Å². The van der Waals surface area contributed by atoms with Crippen molar-refractivity contribution in [1.82, 2.24) is 9.71 Å². The summed E-state index contributed by atoms with van der Waals surface area (Å²) in [7, 11) is -3.68. The highest BCUT2D eigenvalue weighted by Crippen LogP contribution is 2.25. The van der Waals surface area contributed by atoms with Crippen LogP contribution >= 0.6 is 0 Å². The number of benzene rings is 1. The molecule has 0 aliphatic rings. The van der Waals surface area contributed by atoms with Crippen LogP contribution < -0.4 is 9.46 Å². The van der Waals surface area contributed by atoms with Crippen LogP contribution in [0.4, 0.5) is 0 Å². The zero-order valence-corrected chi connectivity index (χ0v) is 17.2. The van der Waals surface area contributed by atoms with Crippen molar-refractivity contribution >= 4 is 16.0 Å². The van der Waals surface area contributed by atoms with Crippen molar-refractivity contribution in [3.05, 3.63) is 54.4 Å². The van der Waals surface area contributed by atoms with Crippen LogP contribution in [0.2, 0.25) is 0 Å². The van der Waals surface area contributed by atoms with Crippen molar-refractivity contribution < 1.29 is 22.7 Å². The fourth-order valence-corrected chi connectivity index (χ4v) is 3.31. The van der Waals surface area contributed by atoms with E-state index >= 15 is 0 Å². The third-order valence-electron chi connectivity index (χ3n) is 3.88. The van der Waals surface area contributed by atoms with Crippen LogP contribution in [-0.4, -0.2) is 39.1 Å². The SMILES string of the molecule is CC(C)(C)c1cccc(OCCOC(=O)CCNS(=O)(=O)c2cccnc2)c1. The summed E-state index contributed by atoms with van der Waals surface area (Å²) in [6, 6.07) is 10.7. The van der Waals surface area contributed by atoms with E-state index in [0.717, 1.165) is 5.56 Å². The molecule has 0 aliphatic carbocycles. The highest BCUT2D eigenvalue weighted by molar-refractivity contribution is 7.89. The lowest BCUT2D eigenvalue weighted by molar-refractivity contribution is -0.144. The molecule has 0 fully saturated rings. The fraction of sp³-hybridized carbons (Fsp3) is 0.400. The van der Waals surface area contributed by atoms with E-state index in [4.69, 9.17) is 9.47 Å². The molecule has 2 aromatic rings. The molecule has 8 heteroatoms. The molecule has 2 rings (SSSR count). The first-order valence-corrected chi connectivity index (χ1v) is 10.5. The monoisotopic (exact) mass is 406 g/mol. The van der Waals surface area contributed by atoms with Crippen molar-refractivity contribution in [3.63, 3.8) is 0 Å². The molecule has 1 heterocycles. The van der Waals surface area contributed by atoms with Gasteiger partial charge in [-0.1, -0.05) is 32.9 Å². The smallest absolute Gasteiger partial charge is 0.307 e. The van der Waals surface area contributed by atoms with Crippen LogP contribution in [0.5, 0.6) is 5.75 Å². The molecule has 7 nitrogen and oxygen atoms in total. The minimum absolute atomic E-state index is 0.0228. The Balaban J connectivity index is 1.68. The van der Waals surface area contributed by atoms with Gasteiger partial charge in [-0.2, -0.15) is 0 Å². The molecule has 0 atom stereocenters. The van der Waals surface area contributed by atoms with Gasteiger partial charge in [0.05, 0.1) is 6.42 Å². The number of carbonyl (C=O) groups is 1. The first-order valence-electron chi connectivity index (χ1n) is 8.97. The highest BCUT2D eigenvalue weighted by Gasteiger charge is 2.15. The van der Waals surface area contributed by atoms with E-state index in [-0.39, 0.29) is 36.5 Å². The maximum atomic E-state index is 12.0. The van der Waals surface area contributed by atoms with Gasteiger partial charge in [0.15, 0.2) is 0 Å². The number of hydrogen-bond donors (Lipinski definition) is 1. The predicted octanol–water partition coefficient (Wildman–Crippen LogP) is 2.67. The minimum Gasteiger partial charge on any atom is -0.490 e. The topological polar surface area (TPSA) is 94.6 Å². The normalized spacial score (nSPS) is 11.8. The molecule has 0 bridgehead atoms. The summed E-state index contributed by atoms with van der Waals surface area (Å²) in [4.78, 5) is 15.6. The van der Waals surface area contributed by atoms with Gasteiger partial charge in [0.2, 0.25) is 10.0 Å². The van der Waals surface area contributed by atoms with Gasteiger partial charge in [0.25, 0.3) is 0 Å². The summed E-state index contributed by atoms with van der Waals surface area (Å²) >= 11 is 0. The van der Waals surface area contributed by atoms with Crippen molar-refractivity contribution in [2.45, 2.75) is 37.5 Å². The summed E-state index contributed by atoms with van der Waals surface area (Å²) in [6.45, 7) is 6.63. The lowest BCUT2D eigenvalue weighted by Gasteiger charge is -2.19. The maximum Gasteiger partial charge on any atom is 0.307 e. The standard InChI is InChI=1S/C20H26N2O5S/c1-20(2,3)16-6-4-7-17(14-16)26-12-13-27-19(23)9-11-22-28(24,25)18-8-5-10-21-15-18/h4-8,10,14-15,22H,9,11-13H2,1-3H3.